The number of hydrogen-bond donors (Lipinski definition) is 1. The van der Waals surface area contributed by atoms with Crippen LogP contribution in [0.5, 0.6) is 0 Å². The number of piperidine rings is 1. The number of rotatable bonds is 5. The quantitative estimate of drug-likeness (QED) is 0.777. The minimum atomic E-state index is -0.412. The molecule has 2 saturated heterocycles. The zero-order valence-electron chi connectivity index (χ0n) is 19.4. The number of aryl methyl sites for hydroxylation is 1. The average Bonchev–Trinajstić information content (AvgIpc) is 3.27. The maximum absolute atomic E-state index is 13.5. The molecule has 8 heteroatoms. The Bertz CT molecular complexity index is 965. The van der Waals surface area contributed by atoms with E-state index in [2.05, 4.69) is 21.4 Å². The molecule has 2 fully saturated rings. The predicted octanol–water partition coefficient (Wildman–Crippen LogP) is 2.60. The topological polar surface area (TPSA) is 73.7 Å². The monoisotopic (exact) mass is 438 g/mol. The first-order valence-corrected chi connectivity index (χ1v) is 11.7. The molecule has 1 atom stereocenters. The molecule has 0 radical (unpaired) electrons. The summed E-state index contributed by atoms with van der Waals surface area (Å²) in [5, 5.41) is 7.24. The molecule has 2 aromatic rings. The summed E-state index contributed by atoms with van der Waals surface area (Å²) in [4.78, 5) is 32.7. The first-order valence-electron chi connectivity index (χ1n) is 11.7. The van der Waals surface area contributed by atoms with Crippen LogP contribution in [0.4, 0.5) is 11.5 Å². The Hall–Kier alpha value is -2.87. The van der Waals surface area contributed by atoms with E-state index in [1.165, 1.54) is 19.3 Å². The van der Waals surface area contributed by atoms with Gasteiger partial charge >= 0.3 is 0 Å². The zero-order valence-corrected chi connectivity index (χ0v) is 19.4. The van der Waals surface area contributed by atoms with E-state index in [1.807, 2.05) is 49.0 Å². The van der Waals surface area contributed by atoms with E-state index in [0.717, 1.165) is 36.4 Å². The predicted molar refractivity (Wildman–Crippen MR) is 126 cm³/mol. The molecular formula is C24H34N6O2. The van der Waals surface area contributed by atoms with Gasteiger partial charge in [-0.05, 0) is 57.9 Å². The van der Waals surface area contributed by atoms with Crippen LogP contribution < -0.4 is 10.2 Å². The first-order chi connectivity index (χ1) is 15.5. The standard InChI is InChI=1S/C24H34N6O2/c1-4-30-14-11-22(26-30)25-23(31)21-17-29(16-15-27(21)3)24(32)19-9-8-10-20(18(19)2)28-12-6-5-7-13-28/h8-11,14,21H,4-7,12-13,15-17H2,1-3H3,(H,25,26,31)/t21-/m1/s1. The molecule has 0 spiro atoms. The third-order valence-corrected chi connectivity index (χ3v) is 6.69. The number of likely N-dealkylation sites (N-methyl/N-ethyl adjacent to an activating group) is 1. The fourth-order valence-corrected chi connectivity index (χ4v) is 4.66. The van der Waals surface area contributed by atoms with Gasteiger partial charge in [-0.15, -0.1) is 0 Å². The van der Waals surface area contributed by atoms with E-state index in [9.17, 15) is 9.59 Å². The number of amides is 2. The molecule has 2 aliphatic rings. The number of nitrogens with zero attached hydrogens (tertiary/aromatic N) is 5. The number of carbonyl (C=O) groups is 2. The van der Waals surface area contributed by atoms with Gasteiger partial charge in [-0.2, -0.15) is 5.10 Å². The fourth-order valence-electron chi connectivity index (χ4n) is 4.66. The normalized spacial score (nSPS) is 19.8. The Balaban J connectivity index is 1.47. The lowest BCUT2D eigenvalue weighted by atomic mass is 10.0. The molecule has 4 rings (SSSR count). The highest BCUT2D eigenvalue weighted by atomic mass is 16.2. The Kier molecular flexibility index (Phi) is 6.79. The Labute approximate surface area is 190 Å². The van der Waals surface area contributed by atoms with Crippen molar-refractivity contribution in [3.8, 4) is 0 Å². The third-order valence-electron chi connectivity index (χ3n) is 6.69. The van der Waals surface area contributed by atoms with E-state index < -0.39 is 6.04 Å². The average molecular weight is 439 g/mol. The summed E-state index contributed by atoms with van der Waals surface area (Å²) in [6.45, 7) is 8.50. The van der Waals surface area contributed by atoms with Crippen molar-refractivity contribution in [3.63, 3.8) is 0 Å². The number of benzene rings is 1. The van der Waals surface area contributed by atoms with Crippen LogP contribution in [0.3, 0.4) is 0 Å². The number of aromatic nitrogens is 2. The van der Waals surface area contributed by atoms with Crippen molar-refractivity contribution in [2.24, 2.45) is 0 Å². The van der Waals surface area contributed by atoms with Crippen molar-refractivity contribution in [3.05, 3.63) is 41.6 Å². The molecule has 1 aromatic carbocycles. The summed E-state index contributed by atoms with van der Waals surface area (Å²) in [5.41, 5.74) is 2.92. The molecular weight excluding hydrogens is 404 g/mol. The third kappa shape index (κ3) is 4.65. The van der Waals surface area contributed by atoms with Crippen molar-refractivity contribution in [1.29, 1.82) is 0 Å². The summed E-state index contributed by atoms with van der Waals surface area (Å²) < 4.78 is 1.77. The lowest BCUT2D eigenvalue weighted by molar-refractivity contribution is -0.122. The van der Waals surface area contributed by atoms with Gasteiger partial charge in [0.2, 0.25) is 5.91 Å². The molecule has 1 N–H and O–H groups in total. The van der Waals surface area contributed by atoms with Gasteiger partial charge in [-0.25, -0.2) is 0 Å². The van der Waals surface area contributed by atoms with E-state index >= 15 is 0 Å². The Morgan fingerprint density at radius 3 is 2.59 bits per heavy atom. The van der Waals surface area contributed by atoms with E-state index in [-0.39, 0.29) is 11.8 Å². The van der Waals surface area contributed by atoms with Crippen LogP contribution in [0.15, 0.2) is 30.5 Å². The van der Waals surface area contributed by atoms with Gasteiger partial charge in [0, 0.05) is 62.8 Å². The van der Waals surface area contributed by atoms with Crippen LogP contribution in [0, 0.1) is 6.92 Å². The molecule has 2 aliphatic heterocycles. The number of hydrogen-bond acceptors (Lipinski definition) is 5. The molecule has 3 heterocycles. The van der Waals surface area contributed by atoms with Gasteiger partial charge in [0.05, 0.1) is 0 Å². The van der Waals surface area contributed by atoms with Crippen LogP contribution in [-0.2, 0) is 11.3 Å². The Morgan fingerprint density at radius 2 is 1.88 bits per heavy atom. The fraction of sp³-hybridized carbons (Fsp3) is 0.542. The SMILES string of the molecule is CCn1ccc(NC(=O)[C@H]2CN(C(=O)c3cccc(N4CCCCC4)c3C)CCN2C)n1. The van der Waals surface area contributed by atoms with Crippen LogP contribution in [0.1, 0.15) is 42.1 Å². The van der Waals surface area contributed by atoms with Gasteiger partial charge in [0.1, 0.15) is 6.04 Å². The van der Waals surface area contributed by atoms with Crippen molar-refractivity contribution in [2.75, 3.05) is 50.0 Å². The number of anilines is 2. The highest BCUT2D eigenvalue weighted by Gasteiger charge is 2.33. The van der Waals surface area contributed by atoms with Crippen LogP contribution >= 0.6 is 0 Å². The van der Waals surface area contributed by atoms with Gasteiger partial charge in [0.15, 0.2) is 5.82 Å². The van der Waals surface area contributed by atoms with E-state index in [4.69, 9.17) is 0 Å². The summed E-state index contributed by atoms with van der Waals surface area (Å²) in [6.07, 6.45) is 5.51. The van der Waals surface area contributed by atoms with Gasteiger partial charge in [-0.3, -0.25) is 19.2 Å². The molecule has 8 nitrogen and oxygen atoms in total. The van der Waals surface area contributed by atoms with Crippen molar-refractivity contribution in [2.45, 2.75) is 45.7 Å². The molecule has 2 amide bonds. The van der Waals surface area contributed by atoms with Crippen molar-refractivity contribution in [1.82, 2.24) is 19.6 Å². The molecule has 172 valence electrons. The minimum Gasteiger partial charge on any atom is -0.371 e. The number of carbonyl (C=O) groups excluding carboxylic acids is 2. The van der Waals surface area contributed by atoms with Gasteiger partial charge in [0.25, 0.3) is 5.91 Å². The zero-order chi connectivity index (χ0) is 22.7. The smallest absolute Gasteiger partial charge is 0.254 e. The second kappa shape index (κ2) is 9.73. The second-order valence-corrected chi connectivity index (χ2v) is 8.79. The van der Waals surface area contributed by atoms with Crippen LogP contribution in [0.2, 0.25) is 0 Å². The van der Waals surface area contributed by atoms with E-state index in [1.54, 1.807) is 10.7 Å². The molecule has 32 heavy (non-hydrogen) atoms. The highest BCUT2D eigenvalue weighted by molar-refractivity contribution is 5.99. The molecule has 0 unspecified atom stereocenters. The molecule has 0 bridgehead atoms. The second-order valence-electron chi connectivity index (χ2n) is 8.79. The first kappa shape index (κ1) is 22.3. The Morgan fingerprint density at radius 1 is 1.09 bits per heavy atom. The van der Waals surface area contributed by atoms with Crippen molar-refractivity contribution < 1.29 is 9.59 Å². The van der Waals surface area contributed by atoms with Gasteiger partial charge < -0.3 is 15.1 Å². The summed E-state index contributed by atoms with van der Waals surface area (Å²) in [5.74, 6) is 0.409. The van der Waals surface area contributed by atoms with E-state index in [0.29, 0.717) is 25.5 Å². The van der Waals surface area contributed by atoms with Gasteiger partial charge in [-0.1, -0.05) is 6.07 Å². The van der Waals surface area contributed by atoms with Crippen molar-refractivity contribution >= 4 is 23.3 Å². The summed E-state index contributed by atoms with van der Waals surface area (Å²) >= 11 is 0. The molecule has 1 aromatic heterocycles. The molecule has 0 saturated carbocycles. The highest BCUT2D eigenvalue weighted by Crippen LogP contribution is 2.27. The van der Waals surface area contributed by atoms with Crippen LogP contribution in [0.25, 0.3) is 0 Å². The number of nitrogens with one attached hydrogen (secondary N) is 1. The lowest BCUT2D eigenvalue weighted by Gasteiger charge is -2.38. The maximum Gasteiger partial charge on any atom is 0.254 e. The minimum absolute atomic E-state index is 0.00233. The van der Waals surface area contributed by atoms with Crippen LogP contribution in [-0.4, -0.2) is 77.2 Å². The largest absolute Gasteiger partial charge is 0.371 e. The lowest BCUT2D eigenvalue weighted by Crippen LogP contribution is -2.57. The molecule has 0 aliphatic carbocycles. The summed E-state index contributed by atoms with van der Waals surface area (Å²) in [7, 11) is 1.93. The number of piperazine rings is 1. The summed E-state index contributed by atoms with van der Waals surface area (Å²) in [6, 6.07) is 7.39. The maximum atomic E-state index is 13.5.